The highest BCUT2D eigenvalue weighted by molar-refractivity contribution is 7.19. The van der Waals surface area contributed by atoms with Crippen LogP contribution < -0.4 is 20.7 Å². The zero-order chi connectivity index (χ0) is 49.6. The van der Waals surface area contributed by atoms with Crippen LogP contribution >= 0.6 is 0 Å². The van der Waals surface area contributed by atoms with Crippen molar-refractivity contribution in [3.05, 3.63) is 255 Å². The maximum atomic E-state index is 9.40. The van der Waals surface area contributed by atoms with E-state index >= 15 is 0 Å². The molecule has 0 unspecified atom stereocenters. The van der Waals surface area contributed by atoms with E-state index in [1.165, 1.54) is 20.7 Å². The summed E-state index contributed by atoms with van der Waals surface area (Å²) in [5, 5.41) is 8.74. The minimum Gasteiger partial charge on any atom is -0.309 e. The average molecular weight is 828 g/mol. The van der Waals surface area contributed by atoms with Crippen molar-refractivity contribution in [3.8, 4) is 33.6 Å². The van der Waals surface area contributed by atoms with Gasteiger partial charge in [-0.15, -0.1) is 0 Å². The number of rotatable bonds is 8. The van der Waals surface area contributed by atoms with Crippen molar-refractivity contribution in [2.45, 2.75) is 0 Å². The number of nitrogens with zero attached hydrogens (tertiary/aromatic N) is 2. The number of hydrogen-bond donors (Lipinski definition) is 0. The number of fused-ring (bicyclic) bond motifs is 6. The summed E-state index contributed by atoms with van der Waals surface area (Å²) in [6.45, 7) is 0. The molecule has 0 radical (unpaired) electrons. The molecule has 3 heteroatoms. The van der Waals surface area contributed by atoms with Crippen molar-refractivity contribution in [2.24, 2.45) is 0 Å². The van der Waals surface area contributed by atoms with Crippen LogP contribution in [0.25, 0.3) is 77.2 Å². The molecule has 63 heavy (non-hydrogen) atoms. The third-order valence-corrected chi connectivity index (χ3v) is 17.3. The van der Waals surface area contributed by atoms with Crippen LogP contribution in [0.3, 0.4) is 0 Å². The summed E-state index contributed by atoms with van der Waals surface area (Å²) in [5.74, 6) is 0. The molecular weight excluding hydrogens is 777 g/mol. The van der Waals surface area contributed by atoms with Crippen LogP contribution in [0.4, 0.5) is 0 Å². The maximum absolute atomic E-state index is 9.40. The largest absolute Gasteiger partial charge is 0.309 e. The van der Waals surface area contributed by atoms with Gasteiger partial charge in [-0.3, -0.25) is 0 Å². The Morgan fingerprint density at radius 1 is 0.317 bits per heavy atom. The van der Waals surface area contributed by atoms with Crippen LogP contribution in [0.5, 0.6) is 0 Å². The molecule has 0 bridgehead atoms. The van der Waals surface area contributed by atoms with Gasteiger partial charge < -0.3 is 9.13 Å². The molecule has 296 valence electrons. The topological polar surface area (TPSA) is 9.86 Å². The molecule has 0 saturated heterocycles. The summed E-state index contributed by atoms with van der Waals surface area (Å²) in [6, 6.07) is 65.3. The van der Waals surface area contributed by atoms with Crippen LogP contribution in [0.1, 0.15) is 12.3 Å². The molecule has 10 aromatic carbocycles. The first kappa shape index (κ1) is 28.5. The van der Waals surface area contributed by atoms with E-state index in [9.17, 15) is 2.74 Å². The van der Waals surface area contributed by atoms with E-state index in [0.717, 1.165) is 49.6 Å². The van der Waals surface area contributed by atoms with Crippen LogP contribution in [0, 0.1) is 0 Å². The lowest BCUT2D eigenvalue weighted by molar-refractivity contribution is 1.16. The van der Waals surface area contributed by atoms with E-state index in [2.05, 4.69) is 167 Å². The van der Waals surface area contributed by atoms with Gasteiger partial charge in [0.25, 0.3) is 0 Å². The Bertz CT molecular complexity index is 4030. The van der Waals surface area contributed by atoms with Crippen molar-refractivity contribution in [1.82, 2.24) is 9.13 Å². The summed E-state index contributed by atoms with van der Waals surface area (Å²) in [7, 11) is -2.90. The predicted molar refractivity (Wildman–Crippen MR) is 270 cm³/mol. The number of para-hydroxylation sites is 2. The highest BCUT2D eigenvalue weighted by atomic mass is 28.3. The molecule has 0 aliphatic carbocycles. The third-order valence-electron chi connectivity index (χ3n) is 12.5. The van der Waals surface area contributed by atoms with Gasteiger partial charge in [-0.1, -0.05) is 212 Å². The van der Waals surface area contributed by atoms with Crippen molar-refractivity contribution >= 4 is 72.4 Å². The molecule has 0 spiro atoms. The van der Waals surface area contributed by atoms with Gasteiger partial charge in [-0.25, -0.2) is 0 Å². The number of hydrogen-bond acceptors (Lipinski definition) is 0. The highest BCUT2D eigenvalue weighted by Gasteiger charge is 2.41. The summed E-state index contributed by atoms with van der Waals surface area (Å²) >= 11 is 0. The second-order valence-corrected chi connectivity index (χ2v) is 19.6. The standard InChI is InChI=1S/C60H42N2Si/c1-5-21-43(22-6-1)50-31-13-14-32-51(50)54-35-20-38-58-60(54)55-34-16-18-37-57(55)61(58)45-39-40-53-52-33-15-17-36-56(52)62(59(53)42-45)44-23-19-30-49(41-44)63(46-24-7-2-8-25-46,47-26-9-3-10-27-47)48-28-11-4-12-29-48/h1-42H/i1D,5D,6D,13D,14D,21D,22D,31D,32D. The molecular formula is C60H42N2Si. The predicted octanol–water partition coefficient (Wildman–Crippen LogP) is 12.6. The Morgan fingerprint density at radius 2 is 0.810 bits per heavy atom. The first-order chi connectivity index (χ1) is 35.0. The van der Waals surface area contributed by atoms with Gasteiger partial charge in [0.2, 0.25) is 0 Å². The molecule has 0 amide bonds. The summed E-state index contributed by atoms with van der Waals surface area (Å²) in [6.07, 6.45) is 0. The average Bonchev–Trinajstić information content (AvgIpc) is 3.95. The van der Waals surface area contributed by atoms with E-state index in [0.29, 0.717) is 10.9 Å². The lowest BCUT2D eigenvalue weighted by atomic mass is 9.92. The molecule has 2 nitrogen and oxygen atoms in total. The molecule has 0 N–H and O–H groups in total. The third kappa shape index (κ3) is 5.85. The Balaban J connectivity index is 1.12. The zero-order valence-electron chi connectivity index (χ0n) is 42.9. The van der Waals surface area contributed by atoms with E-state index < -0.39 is 56.4 Å². The van der Waals surface area contributed by atoms with Gasteiger partial charge in [0.05, 0.1) is 34.4 Å². The SMILES string of the molecule is [2H]c1c([2H])c([2H])c(-c2c([2H])c([2H])c([2H])c([2H])c2-c2cccc3c2c2ccccc2n3-c2ccc3c4ccccc4n(-c4cccc([Si](c5ccccc5)(c5ccccc5)c5ccccc5)c4)c3c2)c([2H])c1[2H]. The van der Waals surface area contributed by atoms with Gasteiger partial charge >= 0.3 is 0 Å². The first-order valence-electron chi connectivity index (χ1n) is 25.5. The van der Waals surface area contributed by atoms with E-state index in [4.69, 9.17) is 9.60 Å². The first-order valence-corrected chi connectivity index (χ1v) is 23.0. The Kier molecular flexibility index (Phi) is 6.87. The smallest absolute Gasteiger partial charge is 0.179 e. The van der Waals surface area contributed by atoms with Gasteiger partial charge in [0.1, 0.15) is 0 Å². The molecule has 0 aliphatic rings. The van der Waals surface area contributed by atoms with E-state index in [1.54, 1.807) is 6.07 Å². The van der Waals surface area contributed by atoms with Crippen LogP contribution in [-0.2, 0) is 0 Å². The fourth-order valence-electron chi connectivity index (χ4n) is 9.90. The Labute approximate surface area is 380 Å². The van der Waals surface area contributed by atoms with Crippen LogP contribution in [0.2, 0.25) is 0 Å². The molecule has 12 aromatic rings. The summed E-state index contributed by atoms with van der Waals surface area (Å²) < 4.78 is 84.0. The van der Waals surface area contributed by atoms with Gasteiger partial charge in [0.15, 0.2) is 8.07 Å². The molecule has 0 saturated carbocycles. The van der Waals surface area contributed by atoms with E-state index in [-0.39, 0.29) is 22.7 Å². The van der Waals surface area contributed by atoms with Crippen molar-refractivity contribution in [1.29, 1.82) is 0 Å². The van der Waals surface area contributed by atoms with Gasteiger partial charge in [0, 0.05) is 32.9 Å². The summed E-state index contributed by atoms with van der Waals surface area (Å²) in [4.78, 5) is 0. The lowest BCUT2D eigenvalue weighted by Crippen LogP contribution is -2.74. The fourth-order valence-corrected chi connectivity index (χ4v) is 14.7. The minimum absolute atomic E-state index is 0.0460. The maximum Gasteiger partial charge on any atom is 0.179 e. The molecule has 0 aliphatic heterocycles. The minimum atomic E-state index is -2.90. The quantitative estimate of drug-likeness (QED) is 0.107. The molecule has 12 rings (SSSR count). The normalized spacial score (nSPS) is 13.8. The molecule has 2 aromatic heterocycles. The van der Waals surface area contributed by atoms with Crippen molar-refractivity contribution in [2.75, 3.05) is 0 Å². The second kappa shape index (κ2) is 15.2. The van der Waals surface area contributed by atoms with Crippen LogP contribution in [0.15, 0.2) is 255 Å². The molecule has 0 fully saturated rings. The monoisotopic (exact) mass is 827 g/mol. The van der Waals surface area contributed by atoms with Crippen LogP contribution in [-0.4, -0.2) is 17.2 Å². The van der Waals surface area contributed by atoms with Gasteiger partial charge in [-0.2, -0.15) is 0 Å². The highest BCUT2D eigenvalue weighted by Crippen LogP contribution is 2.42. The van der Waals surface area contributed by atoms with Gasteiger partial charge in [-0.05, 0) is 85.5 Å². The lowest BCUT2D eigenvalue weighted by Gasteiger charge is -2.34. The van der Waals surface area contributed by atoms with E-state index in [1.807, 2.05) is 36.4 Å². The number of benzene rings is 10. The Morgan fingerprint density at radius 3 is 1.49 bits per heavy atom. The fraction of sp³-hybridized carbons (Fsp3) is 0. The second-order valence-electron chi connectivity index (χ2n) is 15.8. The van der Waals surface area contributed by atoms with Crippen molar-refractivity contribution < 1.29 is 12.3 Å². The summed E-state index contributed by atoms with van der Waals surface area (Å²) in [5.41, 5.74) is 5.54. The molecule has 2 heterocycles. The molecule has 0 atom stereocenters. The number of aromatic nitrogens is 2. The zero-order valence-corrected chi connectivity index (χ0v) is 34.9. The van der Waals surface area contributed by atoms with Crippen molar-refractivity contribution in [3.63, 3.8) is 0 Å². The Hall–Kier alpha value is -7.98.